The average molecular weight is 267 g/mol. The lowest BCUT2D eigenvalue weighted by Crippen LogP contribution is -2.12. The molecular formula is C14H19ClN2O. The number of alkyl halides is 1. The summed E-state index contributed by atoms with van der Waals surface area (Å²) in [5, 5.41) is 0. The molecule has 0 saturated heterocycles. The summed E-state index contributed by atoms with van der Waals surface area (Å²) in [4.78, 5) is 4.67. The van der Waals surface area contributed by atoms with Crippen LogP contribution in [0.3, 0.4) is 0 Å². The second-order valence-electron chi connectivity index (χ2n) is 4.46. The van der Waals surface area contributed by atoms with Crippen LogP contribution in [-0.4, -0.2) is 29.1 Å². The number of methoxy groups -OCH3 is 1. The van der Waals surface area contributed by atoms with Crippen LogP contribution >= 0.6 is 11.6 Å². The molecule has 1 aromatic carbocycles. The van der Waals surface area contributed by atoms with Gasteiger partial charge in [-0.05, 0) is 25.5 Å². The van der Waals surface area contributed by atoms with Crippen LogP contribution < -0.4 is 0 Å². The minimum atomic E-state index is 0.371. The molecule has 0 amide bonds. The van der Waals surface area contributed by atoms with Crippen molar-refractivity contribution in [1.82, 2.24) is 9.55 Å². The van der Waals surface area contributed by atoms with E-state index in [4.69, 9.17) is 16.3 Å². The van der Waals surface area contributed by atoms with Crippen molar-refractivity contribution in [1.29, 1.82) is 0 Å². The van der Waals surface area contributed by atoms with E-state index in [9.17, 15) is 0 Å². The quantitative estimate of drug-likeness (QED) is 0.749. The lowest BCUT2D eigenvalue weighted by atomic mass is 10.2. The van der Waals surface area contributed by atoms with E-state index in [1.54, 1.807) is 7.11 Å². The Bertz CT molecular complexity index is 509. The van der Waals surface area contributed by atoms with E-state index in [2.05, 4.69) is 22.5 Å². The number of benzene rings is 1. The minimum absolute atomic E-state index is 0.371. The van der Waals surface area contributed by atoms with E-state index in [-0.39, 0.29) is 0 Å². The van der Waals surface area contributed by atoms with Gasteiger partial charge in [-0.25, -0.2) is 4.98 Å². The summed E-state index contributed by atoms with van der Waals surface area (Å²) in [7, 11) is 1.73. The number of imidazole rings is 1. The Morgan fingerprint density at radius 3 is 2.89 bits per heavy atom. The fraction of sp³-hybridized carbons (Fsp3) is 0.500. The number of halogens is 1. The summed E-state index contributed by atoms with van der Waals surface area (Å²) in [6.07, 6.45) is 1.78. The first-order valence-electron chi connectivity index (χ1n) is 6.28. The normalized spacial score (nSPS) is 13.1. The molecule has 0 aliphatic rings. The van der Waals surface area contributed by atoms with E-state index in [0.29, 0.717) is 11.9 Å². The highest BCUT2D eigenvalue weighted by Crippen LogP contribution is 2.23. The summed E-state index contributed by atoms with van der Waals surface area (Å²) >= 11 is 5.87. The molecule has 0 aliphatic carbocycles. The van der Waals surface area contributed by atoms with Crippen molar-refractivity contribution >= 4 is 22.6 Å². The van der Waals surface area contributed by atoms with Gasteiger partial charge >= 0.3 is 0 Å². The Morgan fingerprint density at radius 2 is 2.17 bits per heavy atom. The maximum atomic E-state index is 5.87. The molecule has 0 saturated carbocycles. The number of ether oxygens (including phenoxy) is 1. The molecular weight excluding hydrogens is 248 g/mol. The number of fused-ring (bicyclic) bond motifs is 1. The van der Waals surface area contributed by atoms with E-state index in [0.717, 1.165) is 30.8 Å². The monoisotopic (exact) mass is 266 g/mol. The van der Waals surface area contributed by atoms with Gasteiger partial charge in [0.05, 0.1) is 11.0 Å². The second-order valence-corrected chi connectivity index (χ2v) is 4.83. The highest BCUT2D eigenvalue weighted by Gasteiger charge is 2.14. The van der Waals surface area contributed by atoms with Gasteiger partial charge in [-0.15, -0.1) is 11.6 Å². The molecule has 0 spiro atoms. The van der Waals surface area contributed by atoms with Crippen molar-refractivity contribution in [2.24, 2.45) is 0 Å². The van der Waals surface area contributed by atoms with E-state index < -0.39 is 0 Å². The van der Waals surface area contributed by atoms with Crippen LogP contribution in [0.2, 0.25) is 0 Å². The van der Waals surface area contributed by atoms with Crippen LogP contribution in [0, 0.1) is 0 Å². The van der Waals surface area contributed by atoms with Crippen LogP contribution in [0.25, 0.3) is 11.0 Å². The zero-order chi connectivity index (χ0) is 13.0. The fourth-order valence-electron chi connectivity index (χ4n) is 2.26. The molecule has 3 nitrogen and oxygen atoms in total. The Balaban J connectivity index is 2.40. The van der Waals surface area contributed by atoms with Gasteiger partial charge in [0.2, 0.25) is 0 Å². The van der Waals surface area contributed by atoms with Crippen molar-refractivity contribution < 1.29 is 4.74 Å². The van der Waals surface area contributed by atoms with Crippen LogP contribution in [0.15, 0.2) is 24.3 Å². The lowest BCUT2D eigenvalue weighted by molar-refractivity contribution is 0.181. The number of aryl methyl sites for hydroxylation is 1. The maximum absolute atomic E-state index is 5.87. The molecule has 0 fully saturated rings. The van der Waals surface area contributed by atoms with Gasteiger partial charge in [-0.2, -0.15) is 0 Å². The first-order chi connectivity index (χ1) is 8.77. The molecule has 1 atom stereocenters. The van der Waals surface area contributed by atoms with Crippen molar-refractivity contribution in [3.05, 3.63) is 30.1 Å². The summed E-state index contributed by atoms with van der Waals surface area (Å²) in [6, 6.07) is 8.60. The number of rotatable bonds is 6. The smallest absolute Gasteiger partial charge is 0.111 e. The first kappa shape index (κ1) is 13.4. The topological polar surface area (TPSA) is 27.1 Å². The summed E-state index contributed by atoms with van der Waals surface area (Å²) in [6.45, 7) is 2.96. The Kier molecular flexibility index (Phi) is 4.61. The van der Waals surface area contributed by atoms with Gasteiger partial charge in [0, 0.05) is 32.1 Å². The first-order valence-corrected chi connectivity index (χ1v) is 6.82. The molecule has 0 N–H and O–H groups in total. The lowest BCUT2D eigenvalue weighted by Gasteiger charge is -2.17. The molecule has 1 aromatic heterocycles. The second kappa shape index (κ2) is 6.21. The molecule has 18 heavy (non-hydrogen) atoms. The number of aromatic nitrogens is 2. The summed E-state index contributed by atoms with van der Waals surface area (Å²) in [5.74, 6) is 1.66. The molecule has 2 aromatic rings. The minimum Gasteiger partial charge on any atom is -0.385 e. The van der Waals surface area contributed by atoms with Gasteiger partial charge in [0.25, 0.3) is 0 Å². The predicted molar refractivity (Wildman–Crippen MR) is 75.4 cm³/mol. The summed E-state index contributed by atoms with van der Waals surface area (Å²) < 4.78 is 7.45. The van der Waals surface area contributed by atoms with Crippen LogP contribution in [0.5, 0.6) is 0 Å². The highest BCUT2D eigenvalue weighted by molar-refractivity contribution is 6.17. The third-order valence-electron chi connectivity index (χ3n) is 3.17. The predicted octanol–water partition coefficient (Wildman–Crippen LogP) is 3.42. The molecule has 2 rings (SSSR count). The highest BCUT2D eigenvalue weighted by atomic mass is 35.5. The number of para-hydroxylation sites is 2. The molecule has 1 heterocycles. The Labute approximate surface area is 113 Å². The van der Waals surface area contributed by atoms with Crippen molar-refractivity contribution in [3.63, 3.8) is 0 Å². The number of hydrogen-bond donors (Lipinski definition) is 0. The summed E-state index contributed by atoms with van der Waals surface area (Å²) in [5.41, 5.74) is 2.23. The third kappa shape index (κ3) is 2.68. The van der Waals surface area contributed by atoms with Crippen molar-refractivity contribution in [2.45, 2.75) is 25.8 Å². The molecule has 0 radical (unpaired) electrons. The standard InChI is InChI=1S/C14H19ClN2O/c1-11(8-10-18-2)17-13-6-4-3-5-12(13)16-14(17)7-9-15/h3-6,11H,7-10H2,1-2H3. The van der Waals surface area contributed by atoms with Crippen molar-refractivity contribution in [3.8, 4) is 0 Å². The van der Waals surface area contributed by atoms with Gasteiger partial charge in [0.1, 0.15) is 5.82 Å². The van der Waals surface area contributed by atoms with E-state index >= 15 is 0 Å². The number of hydrogen-bond acceptors (Lipinski definition) is 2. The Hall–Kier alpha value is -1.06. The molecule has 0 bridgehead atoms. The SMILES string of the molecule is COCCC(C)n1c(CCCl)nc2ccccc21. The molecule has 98 valence electrons. The zero-order valence-electron chi connectivity index (χ0n) is 10.9. The Morgan fingerprint density at radius 1 is 1.39 bits per heavy atom. The van der Waals surface area contributed by atoms with Crippen molar-refractivity contribution in [2.75, 3.05) is 19.6 Å². The van der Waals surface area contributed by atoms with Crippen LogP contribution in [0.1, 0.15) is 25.2 Å². The van der Waals surface area contributed by atoms with E-state index in [1.165, 1.54) is 5.52 Å². The van der Waals surface area contributed by atoms with Gasteiger partial charge in [0.15, 0.2) is 0 Å². The largest absolute Gasteiger partial charge is 0.385 e. The third-order valence-corrected chi connectivity index (χ3v) is 3.36. The van der Waals surface area contributed by atoms with E-state index in [1.807, 2.05) is 18.2 Å². The molecule has 0 aliphatic heterocycles. The molecule has 1 unspecified atom stereocenters. The van der Waals surface area contributed by atoms with Crippen LogP contribution in [0.4, 0.5) is 0 Å². The fourth-order valence-corrected chi connectivity index (χ4v) is 2.43. The van der Waals surface area contributed by atoms with Gasteiger partial charge in [-0.1, -0.05) is 12.1 Å². The number of nitrogens with zero attached hydrogens (tertiary/aromatic N) is 2. The van der Waals surface area contributed by atoms with Crippen LogP contribution in [-0.2, 0) is 11.2 Å². The maximum Gasteiger partial charge on any atom is 0.111 e. The average Bonchev–Trinajstić information content (AvgIpc) is 2.74. The van der Waals surface area contributed by atoms with Gasteiger partial charge < -0.3 is 9.30 Å². The van der Waals surface area contributed by atoms with Gasteiger partial charge in [-0.3, -0.25) is 0 Å². The molecule has 4 heteroatoms. The zero-order valence-corrected chi connectivity index (χ0v) is 11.7.